The SMILES string of the molecule is CC(C)Cc1cc[c]cc1N. The molecule has 0 saturated carbocycles. The fraction of sp³-hybridized carbons (Fsp3) is 0.400. The molecule has 11 heavy (non-hydrogen) atoms. The van der Waals surface area contributed by atoms with Crippen molar-refractivity contribution < 1.29 is 0 Å². The molecule has 1 aromatic rings. The molecule has 1 rings (SSSR count). The summed E-state index contributed by atoms with van der Waals surface area (Å²) in [6.45, 7) is 4.38. The highest BCUT2D eigenvalue weighted by molar-refractivity contribution is 5.45. The van der Waals surface area contributed by atoms with Crippen molar-refractivity contribution in [3.8, 4) is 0 Å². The summed E-state index contributed by atoms with van der Waals surface area (Å²) in [6.07, 6.45) is 1.06. The molecule has 0 amide bonds. The summed E-state index contributed by atoms with van der Waals surface area (Å²) in [6, 6.07) is 8.73. The maximum Gasteiger partial charge on any atom is 0.0352 e. The molecule has 0 spiro atoms. The maximum atomic E-state index is 5.74. The Labute approximate surface area is 68.2 Å². The molecule has 0 aliphatic heterocycles. The molecule has 0 atom stereocenters. The molecule has 0 aromatic heterocycles. The second-order valence-electron chi connectivity index (χ2n) is 3.22. The Morgan fingerprint density at radius 3 is 2.82 bits per heavy atom. The first-order chi connectivity index (χ1) is 5.20. The standard InChI is InChI=1S/C10H14N/c1-8(2)7-9-5-3-4-6-10(9)11/h3,5-6,8H,7,11H2,1-2H3. The number of anilines is 1. The molecule has 0 aliphatic carbocycles. The first kappa shape index (κ1) is 8.12. The second kappa shape index (κ2) is 3.42. The maximum absolute atomic E-state index is 5.74. The van der Waals surface area contributed by atoms with Crippen LogP contribution in [0.15, 0.2) is 18.2 Å². The van der Waals surface area contributed by atoms with Crippen LogP contribution in [0.5, 0.6) is 0 Å². The predicted molar refractivity (Wildman–Crippen MR) is 48.2 cm³/mol. The molecule has 59 valence electrons. The number of nitrogens with two attached hydrogens (primary N) is 1. The lowest BCUT2D eigenvalue weighted by Crippen LogP contribution is -1.98. The molecule has 1 radical (unpaired) electrons. The van der Waals surface area contributed by atoms with Crippen LogP contribution >= 0.6 is 0 Å². The van der Waals surface area contributed by atoms with Gasteiger partial charge in [0.25, 0.3) is 0 Å². The van der Waals surface area contributed by atoms with Crippen LogP contribution in [0, 0.1) is 12.0 Å². The van der Waals surface area contributed by atoms with Crippen molar-refractivity contribution >= 4 is 5.69 Å². The van der Waals surface area contributed by atoms with Crippen molar-refractivity contribution in [2.75, 3.05) is 5.73 Å². The highest BCUT2D eigenvalue weighted by Gasteiger charge is 1.99. The van der Waals surface area contributed by atoms with Gasteiger partial charge in [-0.1, -0.05) is 26.0 Å². The number of nitrogen functional groups attached to an aromatic ring is 1. The highest BCUT2D eigenvalue weighted by Crippen LogP contribution is 2.14. The van der Waals surface area contributed by atoms with Gasteiger partial charge in [-0.15, -0.1) is 0 Å². The van der Waals surface area contributed by atoms with Crippen LogP contribution in [0.1, 0.15) is 19.4 Å². The van der Waals surface area contributed by atoms with E-state index in [0.29, 0.717) is 5.92 Å². The van der Waals surface area contributed by atoms with Gasteiger partial charge in [-0.2, -0.15) is 0 Å². The summed E-state index contributed by atoms with van der Waals surface area (Å²) in [4.78, 5) is 0. The molecule has 1 nitrogen and oxygen atoms in total. The van der Waals surface area contributed by atoms with E-state index in [2.05, 4.69) is 19.9 Å². The molecule has 0 aliphatic rings. The van der Waals surface area contributed by atoms with E-state index < -0.39 is 0 Å². The van der Waals surface area contributed by atoms with Gasteiger partial charge < -0.3 is 5.73 Å². The first-order valence-corrected chi connectivity index (χ1v) is 3.94. The zero-order valence-corrected chi connectivity index (χ0v) is 7.09. The Bertz CT molecular complexity index is 228. The van der Waals surface area contributed by atoms with Crippen LogP contribution in [-0.4, -0.2) is 0 Å². The second-order valence-corrected chi connectivity index (χ2v) is 3.22. The summed E-state index contributed by atoms with van der Waals surface area (Å²) in [7, 11) is 0. The summed E-state index contributed by atoms with van der Waals surface area (Å²) in [5, 5.41) is 0. The van der Waals surface area contributed by atoms with Gasteiger partial charge in [0.1, 0.15) is 0 Å². The highest BCUT2D eigenvalue weighted by atomic mass is 14.6. The Hall–Kier alpha value is -0.980. The monoisotopic (exact) mass is 148 g/mol. The quantitative estimate of drug-likeness (QED) is 0.640. The van der Waals surface area contributed by atoms with Crippen LogP contribution in [0.4, 0.5) is 5.69 Å². The van der Waals surface area contributed by atoms with E-state index in [9.17, 15) is 0 Å². The zero-order valence-electron chi connectivity index (χ0n) is 7.09. The molecule has 0 bridgehead atoms. The van der Waals surface area contributed by atoms with Crippen molar-refractivity contribution in [2.45, 2.75) is 20.3 Å². The van der Waals surface area contributed by atoms with Gasteiger partial charge >= 0.3 is 0 Å². The molecule has 0 saturated heterocycles. The number of rotatable bonds is 2. The van der Waals surface area contributed by atoms with Gasteiger partial charge in [-0.3, -0.25) is 0 Å². The van der Waals surface area contributed by atoms with E-state index >= 15 is 0 Å². The van der Waals surface area contributed by atoms with Crippen LogP contribution in [-0.2, 0) is 6.42 Å². The minimum atomic E-state index is 0.666. The average molecular weight is 148 g/mol. The Morgan fingerprint density at radius 2 is 2.27 bits per heavy atom. The van der Waals surface area contributed by atoms with E-state index in [-0.39, 0.29) is 0 Å². The fourth-order valence-corrected chi connectivity index (χ4v) is 1.10. The zero-order chi connectivity index (χ0) is 8.27. The molecule has 2 N–H and O–H groups in total. The molecule has 1 aromatic carbocycles. The van der Waals surface area contributed by atoms with Crippen molar-refractivity contribution in [3.05, 3.63) is 29.8 Å². The minimum absolute atomic E-state index is 0.666. The molecular weight excluding hydrogens is 134 g/mol. The largest absolute Gasteiger partial charge is 0.398 e. The van der Waals surface area contributed by atoms with E-state index in [4.69, 9.17) is 5.73 Å². The smallest absolute Gasteiger partial charge is 0.0352 e. The van der Waals surface area contributed by atoms with Crippen molar-refractivity contribution in [1.29, 1.82) is 0 Å². The van der Waals surface area contributed by atoms with E-state index in [1.54, 1.807) is 0 Å². The lowest BCUT2D eigenvalue weighted by Gasteiger charge is -2.06. The van der Waals surface area contributed by atoms with E-state index in [1.807, 2.05) is 18.2 Å². The lowest BCUT2D eigenvalue weighted by atomic mass is 10.0. The number of hydrogen-bond donors (Lipinski definition) is 1. The third-order valence-electron chi connectivity index (χ3n) is 1.62. The average Bonchev–Trinajstić information content (AvgIpc) is 1.93. The van der Waals surface area contributed by atoms with Crippen LogP contribution in [0.3, 0.4) is 0 Å². The normalized spacial score (nSPS) is 10.5. The van der Waals surface area contributed by atoms with Gasteiger partial charge in [0.15, 0.2) is 0 Å². The van der Waals surface area contributed by atoms with E-state index in [0.717, 1.165) is 12.1 Å². The minimum Gasteiger partial charge on any atom is -0.398 e. The Morgan fingerprint density at radius 1 is 1.55 bits per heavy atom. The van der Waals surface area contributed by atoms with Gasteiger partial charge in [-0.05, 0) is 30.0 Å². The molecule has 0 unspecified atom stereocenters. The van der Waals surface area contributed by atoms with Crippen LogP contribution in [0.25, 0.3) is 0 Å². The van der Waals surface area contributed by atoms with Crippen molar-refractivity contribution in [3.63, 3.8) is 0 Å². The molecule has 1 heteroatoms. The topological polar surface area (TPSA) is 26.0 Å². The van der Waals surface area contributed by atoms with Crippen molar-refractivity contribution in [2.24, 2.45) is 5.92 Å². The first-order valence-electron chi connectivity index (χ1n) is 3.94. The molecular formula is C10H14N. The lowest BCUT2D eigenvalue weighted by molar-refractivity contribution is 0.648. The van der Waals surface area contributed by atoms with Crippen LogP contribution < -0.4 is 5.73 Å². The van der Waals surface area contributed by atoms with Crippen molar-refractivity contribution in [1.82, 2.24) is 0 Å². The Balaban J connectivity index is 2.78. The van der Waals surface area contributed by atoms with Gasteiger partial charge in [0.05, 0.1) is 0 Å². The van der Waals surface area contributed by atoms with Crippen LogP contribution in [0.2, 0.25) is 0 Å². The number of benzene rings is 1. The predicted octanol–water partition coefficient (Wildman–Crippen LogP) is 2.27. The third-order valence-corrected chi connectivity index (χ3v) is 1.62. The summed E-state index contributed by atoms with van der Waals surface area (Å²) >= 11 is 0. The summed E-state index contributed by atoms with van der Waals surface area (Å²) < 4.78 is 0. The summed E-state index contributed by atoms with van der Waals surface area (Å²) in [5.74, 6) is 0.666. The molecule has 0 fully saturated rings. The van der Waals surface area contributed by atoms with Gasteiger partial charge in [0.2, 0.25) is 0 Å². The third kappa shape index (κ3) is 2.26. The molecule has 0 heterocycles. The summed E-state index contributed by atoms with van der Waals surface area (Å²) in [5.41, 5.74) is 7.83. The number of hydrogen-bond acceptors (Lipinski definition) is 1. The Kier molecular flexibility index (Phi) is 2.53. The van der Waals surface area contributed by atoms with E-state index in [1.165, 1.54) is 5.56 Å². The fourth-order valence-electron chi connectivity index (χ4n) is 1.10. The van der Waals surface area contributed by atoms with Gasteiger partial charge in [-0.25, -0.2) is 0 Å². The van der Waals surface area contributed by atoms with Gasteiger partial charge in [0, 0.05) is 5.69 Å².